The molecule has 2 saturated heterocycles. The Bertz CT molecular complexity index is 886. The normalized spacial score (nSPS) is 21.3. The molecule has 2 aliphatic rings. The zero-order valence-corrected chi connectivity index (χ0v) is 18.7. The molecule has 2 bridgehead atoms. The smallest absolute Gasteiger partial charge is 0.322 e. The maximum Gasteiger partial charge on any atom is 0.322 e. The number of anilines is 1. The fraction of sp³-hybridized carbons (Fsp3) is 0.480. The Hall–Kier alpha value is -2.57. The van der Waals surface area contributed by atoms with Gasteiger partial charge in [0.15, 0.2) is 0 Å². The molecule has 2 aliphatic heterocycles. The van der Waals surface area contributed by atoms with Gasteiger partial charge in [-0.25, -0.2) is 4.79 Å². The van der Waals surface area contributed by atoms with Gasteiger partial charge in [0, 0.05) is 43.5 Å². The van der Waals surface area contributed by atoms with E-state index >= 15 is 0 Å². The van der Waals surface area contributed by atoms with Crippen molar-refractivity contribution in [3.8, 4) is 5.75 Å². The van der Waals surface area contributed by atoms with E-state index in [1.165, 1.54) is 11.1 Å². The summed E-state index contributed by atoms with van der Waals surface area (Å²) >= 11 is 0. The number of urea groups is 1. The molecule has 166 valence electrons. The van der Waals surface area contributed by atoms with Crippen molar-refractivity contribution in [3.05, 3.63) is 59.7 Å². The fourth-order valence-electron chi connectivity index (χ4n) is 4.85. The number of nitrogens with one attached hydrogen (secondary N) is 1. The van der Waals surface area contributed by atoms with E-state index in [-0.39, 0.29) is 12.1 Å². The number of ether oxygens (including phenoxy) is 2. The molecule has 2 aromatic carbocycles. The SMILES string of the molecule is CCOCCOc1ccc(NC(=O)N2CC3CC2CN3C(C)c2ccccc2C)cc1. The number of nitrogens with zero attached hydrogens (tertiary/aromatic N) is 2. The summed E-state index contributed by atoms with van der Waals surface area (Å²) in [6, 6.07) is 17.2. The van der Waals surface area contributed by atoms with E-state index in [1.54, 1.807) is 0 Å². The van der Waals surface area contributed by atoms with Gasteiger partial charge in [-0.1, -0.05) is 24.3 Å². The predicted molar refractivity (Wildman–Crippen MR) is 123 cm³/mol. The topological polar surface area (TPSA) is 54.0 Å². The van der Waals surface area contributed by atoms with Crippen molar-refractivity contribution in [1.29, 1.82) is 0 Å². The Labute approximate surface area is 185 Å². The molecule has 0 aliphatic carbocycles. The molecule has 2 fully saturated rings. The van der Waals surface area contributed by atoms with Crippen molar-refractivity contribution in [2.45, 2.75) is 45.3 Å². The molecule has 3 atom stereocenters. The molecule has 0 spiro atoms. The molecule has 6 heteroatoms. The molecular formula is C25H33N3O3. The minimum absolute atomic E-state index is 0.0132. The Morgan fingerprint density at radius 2 is 1.87 bits per heavy atom. The number of carbonyl (C=O) groups is 1. The maximum atomic E-state index is 12.9. The summed E-state index contributed by atoms with van der Waals surface area (Å²) in [6.07, 6.45) is 1.05. The number of rotatable bonds is 8. The number of fused-ring (bicyclic) bond motifs is 2. The number of hydrogen-bond acceptors (Lipinski definition) is 4. The summed E-state index contributed by atoms with van der Waals surface area (Å²) in [4.78, 5) is 17.4. The Morgan fingerprint density at radius 3 is 2.55 bits per heavy atom. The van der Waals surface area contributed by atoms with Crippen LogP contribution in [0.1, 0.15) is 37.4 Å². The van der Waals surface area contributed by atoms with Crippen LogP contribution in [0.3, 0.4) is 0 Å². The third-order valence-corrected chi connectivity index (χ3v) is 6.49. The van der Waals surface area contributed by atoms with Gasteiger partial charge in [-0.05, 0) is 62.6 Å². The van der Waals surface area contributed by atoms with Gasteiger partial charge in [-0.3, -0.25) is 4.90 Å². The molecule has 2 aromatic rings. The van der Waals surface area contributed by atoms with Crippen LogP contribution in [0.2, 0.25) is 0 Å². The summed E-state index contributed by atoms with van der Waals surface area (Å²) in [6.45, 7) is 9.92. The van der Waals surface area contributed by atoms with E-state index in [9.17, 15) is 4.79 Å². The number of piperazine rings is 1. The average Bonchev–Trinajstić information content (AvgIpc) is 3.39. The number of carbonyl (C=O) groups excluding carboxylic acids is 1. The van der Waals surface area contributed by atoms with Crippen molar-refractivity contribution in [3.63, 3.8) is 0 Å². The second kappa shape index (κ2) is 9.71. The summed E-state index contributed by atoms with van der Waals surface area (Å²) < 4.78 is 10.9. The van der Waals surface area contributed by atoms with Crippen LogP contribution >= 0.6 is 0 Å². The molecule has 0 aromatic heterocycles. The first-order valence-corrected chi connectivity index (χ1v) is 11.3. The van der Waals surface area contributed by atoms with E-state index in [2.05, 4.69) is 48.3 Å². The van der Waals surface area contributed by atoms with Gasteiger partial charge in [0.2, 0.25) is 0 Å². The van der Waals surface area contributed by atoms with E-state index in [1.807, 2.05) is 36.1 Å². The van der Waals surface area contributed by atoms with Gasteiger partial charge < -0.3 is 19.7 Å². The molecule has 0 radical (unpaired) electrons. The van der Waals surface area contributed by atoms with E-state index in [0.29, 0.717) is 31.9 Å². The number of amides is 2. The molecule has 1 N–H and O–H groups in total. The van der Waals surface area contributed by atoms with Gasteiger partial charge in [0.1, 0.15) is 12.4 Å². The monoisotopic (exact) mass is 423 g/mol. The van der Waals surface area contributed by atoms with E-state index in [0.717, 1.165) is 30.9 Å². The number of benzene rings is 2. The lowest BCUT2D eigenvalue weighted by molar-refractivity contribution is 0.110. The van der Waals surface area contributed by atoms with Crippen LogP contribution in [0.25, 0.3) is 0 Å². The molecular weight excluding hydrogens is 390 g/mol. The summed E-state index contributed by atoms with van der Waals surface area (Å²) in [7, 11) is 0. The van der Waals surface area contributed by atoms with Gasteiger partial charge >= 0.3 is 6.03 Å². The first kappa shape index (κ1) is 21.7. The van der Waals surface area contributed by atoms with Crippen LogP contribution in [0, 0.1) is 6.92 Å². The highest BCUT2D eigenvalue weighted by atomic mass is 16.5. The van der Waals surface area contributed by atoms with Gasteiger partial charge in [-0.15, -0.1) is 0 Å². The summed E-state index contributed by atoms with van der Waals surface area (Å²) in [5.74, 6) is 0.777. The summed E-state index contributed by atoms with van der Waals surface area (Å²) in [5.41, 5.74) is 3.50. The molecule has 0 saturated carbocycles. The number of aryl methyl sites for hydroxylation is 1. The molecule has 6 nitrogen and oxygen atoms in total. The van der Waals surface area contributed by atoms with Crippen LogP contribution in [-0.2, 0) is 4.74 Å². The second-order valence-corrected chi connectivity index (χ2v) is 8.42. The largest absolute Gasteiger partial charge is 0.491 e. The summed E-state index contributed by atoms with van der Waals surface area (Å²) in [5, 5.41) is 3.05. The molecule has 2 heterocycles. The highest BCUT2D eigenvalue weighted by Crippen LogP contribution is 2.37. The lowest BCUT2D eigenvalue weighted by atomic mass is 10.0. The lowest BCUT2D eigenvalue weighted by Gasteiger charge is -2.38. The quantitative estimate of drug-likeness (QED) is 0.637. The van der Waals surface area contributed by atoms with Crippen LogP contribution in [-0.4, -0.2) is 60.8 Å². The minimum Gasteiger partial charge on any atom is -0.491 e. The lowest BCUT2D eigenvalue weighted by Crippen LogP contribution is -2.50. The van der Waals surface area contributed by atoms with Crippen LogP contribution in [0.15, 0.2) is 48.5 Å². The molecule has 31 heavy (non-hydrogen) atoms. The van der Waals surface area contributed by atoms with Crippen molar-refractivity contribution in [1.82, 2.24) is 9.80 Å². The first-order chi connectivity index (χ1) is 15.1. The maximum absolute atomic E-state index is 12.9. The van der Waals surface area contributed by atoms with Gasteiger partial charge in [0.25, 0.3) is 0 Å². The van der Waals surface area contributed by atoms with Crippen molar-refractivity contribution in [2.75, 3.05) is 38.2 Å². The molecule has 3 unspecified atom stereocenters. The second-order valence-electron chi connectivity index (χ2n) is 8.42. The Morgan fingerprint density at radius 1 is 1.10 bits per heavy atom. The standard InChI is InChI=1S/C25H33N3O3/c1-4-30-13-14-31-23-11-9-20(10-12-23)26-25(29)28-17-21-15-22(28)16-27(21)19(3)24-8-6-5-7-18(24)2/h5-12,19,21-22H,4,13-17H2,1-3H3,(H,26,29). The van der Waals surface area contributed by atoms with Crippen molar-refractivity contribution < 1.29 is 14.3 Å². The predicted octanol–water partition coefficient (Wildman–Crippen LogP) is 4.46. The van der Waals surface area contributed by atoms with Crippen LogP contribution < -0.4 is 10.1 Å². The molecule has 4 rings (SSSR count). The number of likely N-dealkylation sites (tertiary alicyclic amines) is 2. The molecule has 2 amide bonds. The minimum atomic E-state index is -0.0132. The average molecular weight is 424 g/mol. The zero-order valence-electron chi connectivity index (χ0n) is 18.7. The third-order valence-electron chi connectivity index (χ3n) is 6.49. The number of hydrogen-bond donors (Lipinski definition) is 1. The Balaban J connectivity index is 1.29. The van der Waals surface area contributed by atoms with E-state index < -0.39 is 0 Å². The van der Waals surface area contributed by atoms with Crippen molar-refractivity contribution >= 4 is 11.7 Å². The third kappa shape index (κ3) is 4.86. The Kier molecular flexibility index (Phi) is 6.78. The van der Waals surface area contributed by atoms with E-state index in [4.69, 9.17) is 9.47 Å². The fourth-order valence-corrected chi connectivity index (χ4v) is 4.85. The highest BCUT2D eigenvalue weighted by molar-refractivity contribution is 5.90. The first-order valence-electron chi connectivity index (χ1n) is 11.3. The van der Waals surface area contributed by atoms with Crippen LogP contribution in [0.5, 0.6) is 5.75 Å². The van der Waals surface area contributed by atoms with Crippen LogP contribution in [0.4, 0.5) is 10.5 Å². The van der Waals surface area contributed by atoms with Gasteiger partial charge in [0.05, 0.1) is 6.61 Å². The van der Waals surface area contributed by atoms with Crippen molar-refractivity contribution in [2.24, 2.45) is 0 Å². The zero-order chi connectivity index (χ0) is 21.8. The van der Waals surface area contributed by atoms with Gasteiger partial charge in [-0.2, -0.15) is 0 Å². The highest BCUT2D eigenvalue weighted by Gasteiger charge is 2.46.